The summed E-state index contributed by atoms with van der Waals surface area (Å²) < 4.78 is 30.1. The monoisotopic (exact) mass is 981 g/mol. The summed E-state index contributed by atoms with van der Waals surface area (Å²) in [5, 5.41) is 2.99. The number of phosphoric ester groups is 1. The van der Waals surface area contributed by atoms with Gasteiger partial charge in [0.1, 0.15) is 19.3 Å². The molecule has 0 rings (SSSR count). The summed E-state index contributed by atoms with van der Waals surface area (Å²) in [6, 6.07) is -0.916. The van der Waals surface area contributed by atoms with E-state index in [0.717, 1.165) is 89.9 Å². The van der Waals surface area contributed by atoms with Crippen molar-refractivity contribution in [3.05, 3.63) is 109 Å². The molecule has 3 atom stereocenters. The van der Waals surface area contributed by atoms with Gasteiger partial charge in [0, 0.05) is 12.8 Å². The number of carbonyl (C=O) groups is 2. The number of carbonyl (C=O) groups excluding carboxylic acids is 2. The first-order valence-corrected chi connectivity index (χ1v) is 28.7. The van der Waals surface area contributed by atoms with Crippen LogP contribution in [0.5, 0.6) is 0 Å². The van der Waals surface area contributed by atoms with E-state index in [1.165, 1.54) is 70.6 Å². The second-order valence-electron chi connectivity index (χ2n) is 19.1. The second kappa shape index (κ2) is 48.3. The van der Waals surface area contributed by atoms with Crippen molar-refractivity contribution in [2.45, 2.75) is 213 Å². The van der Waals surface area contributed by atoms with Crippen LogP contribution in [0.25, 0.3) is 0 Å². The molecule has 1 amide bonds. The lowest BCUT2D eigenvalue weighted by molar-refractivity contribution is -0.870. The molecule has 0 aliphatic rings. The van der Waals surface area contributed by atoms with Crippen LogP contribution in [0.2, 0.25) is 0 Å². The first kappa shape index (κ1) is 65.7. The van der Waals surface area contributed by atoms with Crippen LogP contribution >= 0.6 is 7.82 Å². The van der Waals surface area contributed by atoms with E-state index in [0.29, 0.717) is 23.9 Å². The normalized spacial score (nSPS) is 14.7. The number of allylic oxidation sites excluding steroid dienone is 17. The van der Waals surface area contributed by atoms with Crippen LogP contribution in [-0.4, -0.2) is 69.4 Å². The highest BCUT2D eigenvalue weighted by Crippen LogP contribution is 2.38. The quantitative estimate of drug-likeness (QED) is 0.0161. The number of esters is 1. The Morgan fingerprint density at radius 3 is 1.57 bits per heavy atom. The number of nitrogens with zero attached hydrogens (tertiary/aromatic N) is 1. The molecule has 10 heteroatoms. The summed E-state index contributed by atoms with van der Waals surface area (Å²) in [5.74, 6) is -0.612. The Balaban J connectivity index is 5.51. The molecule has 9 nitrogen and oxygen atoms in total. The smallest absolute Gasteiger partial charge is 0.306 e. The van der Waals surface area contributed by atoms with E-state index >= 15 is 0 Å². The summed E-state index contributed by atoms with van der Waals surface area (Å²) in [4.78, 5) is 39.8. The van der Waals surface area contributed by atoms with Gasteiger partial charge in [0.05, 0.1) is 33.8 Å². The van der Waals surface area contributed by atoms with Gasteiger partial charge in [-0.2, -0.15) is 0 Å². The minimum absolute atomic E-state index is 0.0376. The number of nitrogens with one attached hydrogen (secondary N) is 1. The van der Waals surface area contributed by atoms with Crippen molar-refractivity contribution in [3.63, 3.8) is 0 Å². The lowest BCUT2D eigenvalue weighted by atomic mass is 10.0. The highest BCUT2D eigenvalue weighted by molar-refractivity contribution is 7.45. The zero-order valence-electron chi connectivity index (χ0n) is 44.7. The summed E-state index contributed by atoms with van der Waals surface area (Å²) in [6.07, 6.45) is 64.8. The van der Waals surface area contributed by atoms with Gasteiger partial charge in [-0.15, -0.1) is 0 Å². The van der Waals surface area contributed by atoms with Crippen LogP contribution in [0, 0.1) is 0 Å². The molecule has 0 saturated heterocycles. The summed E-state index contributed by atoms with van der Waals surface area (Å²) in [6.45, 7) is 6.52. The fourth-order valence-corrected chi connectivity index (χ4v) is 7.90. The number of amides is 1. The van der Waals surface area contributed by atoms with Gasteiger partial charge >= 0.3 is 5.97 Å². The molecule has 0 aliphatic carbocycles. The van der Waals surface area contributed by atoms with Gasteiger partial charge in [-0.25, -0.2) is 0 Å². The van der Waals surface area contributed by atoms with Gasteiger partial charge in [0.2, 0.25) is 5.91 Å². The predicted molar refractivity (Wildman–Crippen MR) is 293 cm³/mol. The van der Waals surface area contributed by atoms with Gasteiger partial charge < -0.3 is 28.5 Å². The number of hydrogen-bond donors (Lipinski definition) is 1. The lowest BCUT2D eigenvalue weighted by Crippen LogP contribution is -2.47. The largest absolute Gasteiger partial charge is 0.756 e. The van der Waals surface area contributed by atoms with E-state index in [2.05, 4.69) is 62.5 Å². The molecule has 0 saturated carbocycles. The maximum absolute atomic E-state index is 13.4. The van der Waals surface area contributed by atoms with E-state index in [9.17, 15) is 19.0 Å². The van der Waals surface area contributed by atoms with Crippen molar-refractivity contribution in [2.24, 2.45) is 0 Å². The molecule has 0 fully saturated rings. The second-order valence-corrected chi connectivity index (χ2v) is 20.5. The fourth-order valence-electron chi connectivity index (χ4n) is 7.18. The van der Waals surface area contributed by atoms with Crippen molar-refractivity contribution in [3.8, 4) is 0 Å². The first-order chi connectivity index (χ1) is 33.4. The van der Waals surface area contributed by atoms with Gasteiger partial charge in [0.25, 0.3) is 7.82 Å². The van der Waals surface area contributed by atoms with Crippen molar-refractivity contribution in [2.75, 3.05) is 40.9 Å². The maximum Gasteiger partial charge on any atom is 0.306 e. The summed E-state index contributed by atoms with van der Waals surface area (Å²) >= 11 is 0. The van der Waals surface area contributed by atoms with Crippen molar-refractivity contribution < 1.29 is 37.3 Å². The SMILES string of the molecule is CC\C=C/C=C/C=C/C=C\C=C\C=C\CCCCCC(=O)OC(/C=C/CCCCCCCCCCCC)C(COP(=O)([O-])OCC[N+](C)(C)C)NC(=O)CCCCCCCCC/C=C/C/C=C/CC. The molecule has 0 heterocycles. The Hall–Kier alpha value is -3.33. The van der Waals surface area contributed by atoms with Gasteiger partial charge in [0.15, 0.2) is 0 Å². The molecule has 0 bridgehead atoms. The van der Waals surface area contributed by atoms with Gasteiger partial charge in [-0.1, -0.05) is 220 Å². The Morgan fingerprint density at radius 1 is 0.536 bits per heavy atom. The Bertz CT molecular complexity index is 1550. The molecular formula is C59H101N2O7P. The third-order valence-corrected chi connectivity index (χ3v) is 12.3. The molecule has 0 aliphatic heterocycles. The molecule has 0 aromatic rings. The molecule has 0 aromatic carbocycles. The topological polar surface area (TPSA) is 114 Å². The number of phosphoric acid groups is 1. The molecule has 69 heavy (non-hydrogen) atoms. The molecule has 394 valence electrons. The van der Waals surface area contributed by atoms with Crippen LogP contribution in [0.1, 0.15) is 201 Å². The van der Waals surface area contributed by atoms with Crippen LogP contribution < -0.4 is 10.2 Å². The zero-order valence-corrected chi connectivity index (χ0v) is 45.6. The zero-order chi connectivity index (χ0) is 50.8. The number of hydrogen-bond acceptors (Lipinski definition) is 7. The maximum atomic E-state index is 13.4. The van der Waals surface area contributed by atoms with E-state index in [1.54, 1.807) is 6.08 Å². The van der Waals surface area contributed by atoms with Crippen molar-refractivity contribution >= 4 is 19.7 Å². The fraction of sp³-hybridized carbons (Fsp3) is 0.661. The Morgan fingerprint density at radius 2 is 1.00 bits per heavy atom. The molecule has 3 unspecified atom stereocenters. The van der Waals surface area contributed by atoms with Crippen LogP contribution in [0.15, 0.2) is 109 Å². The summed E-state index contributed by atoms with van der Waals surface area (Å²) in [5.41, 5.74) is 0. The number of unbranched alkanes of at least 4 members (excludes halogenated alkanes) is 20. The third-order valence-electron chi connectivity index (χ3n) is 11.4. The van der Waals surface area contributed by atoms with Crippen molar-refractivity contribution in [1.82, 2.24) is 5.32 Å². The molecule has 1 N–H and O–H groups in total. The highest BCUT2D eigenvalue weighted by Gasteiger charge is 2.27. The highest BCUT2D eigenvalue weighted by atomic mass is 31.2. The third kappa shape index (κ3) is 49.4. The van der Waals surface area contributed by atoms with Gasteiger partial charge in [-0.05, 0) is 76.7 Å². The van der Waals surface area contributed by atoms with Crippen LogP contribution in [-0.2, 0) is 27.9 Å². The number of rotatable bonds is 47. The molecule has 0 aromatic heterocycles. The molecular weight excluding hydrogens is 880 g/mol. The molecule has 0 radical (unpaired) electrons. The minimum Gasteiger partial charge on any atom is -0.756 e. The van der Waals surface area contributed by atoms with E-state index in [-0.39, 0.29) is 24.9 Å². The average molecular weight is 981 g/mol. The Labute approximate surface area is 423 Å². The summed E-state index contributed by atoms with van der Waals surface area (Å²) in [7, 11) is 1.13. The van der Waals surface area contributed by atoms with Crippen molar-refractivity contribution in [1.29, 1.82) is 0 Å². The number of quaternary nitrogens is 1. The average Bonchev–Trinajstić information content (AvgIpc) is 3.31. The first-order valence-electron chi connectivity index (χ1n) is 27.3. The Kier molecular flexibility index (Phi) is 46.0. The van der Waals surface area contributed by atoms with E-state index < -0.39 is 26.6 Å². The number of likely N-dealkylation sites (N-methyl/N-ethyl adjacent to an activating group) is 1. The minimum atomic E-state index is -4.71. The number of ether oxygens (including phenoxy) is 1. The molecule has 0 spiro atoms. The van der Waals surface area contributed by atoms with E-state index in [1.807, 2.05) is 88.0 Å². The van der Waals surface area contributed by atoms with E-state index in [4.69, 9.17) is 13.8 Å². The lowest BCUT2D eigenvalue weighted by Gasteiger charge is -2.30. The standard InChI is InChI=1S/C59H101N2O7P/c1-7-10-13-16-19-22-25-28-30-31-32-34-37-40-43-46-49-52-59(63)68-57(50-47-44-41-38-35-27-24-21-18-15-12-9-3)56(55-67-69(64,65)66-54-53-61(4,5)6)60-58(62)51-48-45-42-39-36-33-29-26-23-20-17-14-11-8-2/h10-11,13-14,16,19-20,22-23,25,28,30-32,34,37,47,50,56-57H,7-9,12,15,17-18,21,24,26-27,29,33,35-36,38-46,48-49,51-55H2,1-6H3,(H-,60,62,64,65)/b13-10-,14-11+,19-16+,23-20+,25-22+,30-28-,32-31+,37-34+,50-47+. The van der Waals surface area contributed by atoms with Crippen LogP contribution in [0.4, 0.5) is 0 Å². The van der Waals surface area contributed by atoms with Gasteiger partial charge in [-0.3, -0.25) is 14.2 Å². The predicted octanol–water partition coefficient (Wildman–Crippen LogP) is 15.6. The van der Waals surface area contributed by atoms with Crippen LogP contribution in [0.3, 0.4) is 0 Å².